The Morgan fingerprint density at radius 1 is 1.11 bits per heavy atom. The minimum absolute atomic E-state index is 0.0903. The number of benzene rings is 2. The number of carbonyl (C=O) groups is 1. The summed E-state index contributed by atoms with van der Waals surface area (Å²) in [5.41, 5.74) is 0.874. The van der Waals surface area contributed by atoms with Crippen molar-refractivity contribution in [2.75, 3.05) is 45.3 Å². The Balaban J connectivity index is 1.54. The maximum atomic E-state index is 13.8. The molecule has 0 amide bonds. The van der Waals surface area contributed by atoms with E-state index < -0.39 is 28.9 Å². The molecule has 1 aliphatic heterocycles. The molecule has 0 unspecified atom stereocenters. The maximum Gasteiger partial charge on any atom is 0.306 e. The molecule has 0 bridgehead atoms. The van der Waals surface area contributed by atoms with Gasteiger partial charge in [0.2, 0.25) is 11.2 Å². The predicted octanol–water partition coefficient (Wildman–Crippen LogP) is 4.16. The first kappa shape index (κ1) is 26.5. The number of nitrogens with zero attached hydrogens (tertiary/aromatic N) is 2. The number of methoxy groups -OCH3 is 2. The summed E-state index contributed by atoms with van der Waals surface area (Å²) < 4.78 is 29.8. The minimum atomic E-state index is -0.898. The molecule has 1 saturated heterocycles. The van der Waals surface area contributed by atoms with Crippen molar-refractivity contribution in [3.63, 3.8) is 0 Å². The van der Waals surface area contributed by atoms with Gasteiger partial charge in [-0.3, -0.25) is 14.5 Å². The zero-order valence-corrected chi connectivity index (χ0v) is 21.3. The van der Waals surface area contributed by atoms with Crippen molar-refractivity contribution < 1.29 is 28.2 Å². The first-order valence-corrected chi connectivity index (χ1v) is 12.2. The average Bonchev–Trinajstić information content (AvgIpc) is 2.91. The fourth-order valence-corrected chi connectivity index (χ4v) is 4.58. The Bertz CT molecular complexity index is 1310. The van der Waals surface area contributed by atoms with Crippen LogP contribution in [-0.2, 0) is 16.1 Å². The van der Waals surface area contributed by atoms with Gasteiger partial charge in [-0.1, -0.05) is 17.7 Å². The lowest BCUT2D eigenvalue weighted by molar-refractivity contribution is -0.140. The quantitative estimate of drug-likeness (QED) is 0.434. The monoisotopic (exact) mass is 530 g/mol. The summed E-state index contributed by atoms with van der Waals surface area (Å²) in [6.07, 6.45) is -0.237. The van der Waals surface area contributed by atoms with Gasteiger partial charge in [0, 0.05) is 37.9 Å². The number of piperazine rings is 1. The normalized spacial score (nSPS) is 14.9. The standard InChI is InChI=1S/C27H28ClFN2O6/c1-35-19-6-4-18(5-7-19)31-11-9-30(10-12-31)16-20-14-24(32)26(34)27(37-20)21(15-25(33)36-2)17-3-8-23(29)22(28)13-17/h3-8,13-14,21,34H,9-12,15-16H2,1-2H3/t21-/m0/s1. The first-order chi connectivity index (χ1) is 17.8. The Morgan fingerprint density at radius 2 is 1.81 bits per heavy atom. The van der Waals surface area contributed by atoms with Crippen molar-refractivity contribution in [2.45, 2.75) is 18.9 Å². The molecule has 4 rings (SSSR count). The number of halogens is 2. The molecular formula is C27H28ClFN2O6. The first-order valence-electron chi connectivity index (χ1n) is 11.8. The van der Waals surface area contributed by atoms with Crippen molar-refractivity contribution in [1.82, 2.24) is 4.90 Å². The number of hydrogen-bond acceptors (Lipinski definition) is 8. The van der Waals surface area contributed by atoms with E-state index in [0.717, 1.165) is 43.7 Å². The van der Waals surface area contributed by atoms with Crippen LogP contribution in [0.25, 0.3) is 0 Å². The average molecular weight is 531 g/mol. The fraction of sp³-hybridized carbons (Fsp3) is 0.333. The van der Waals surface area contributed by atoms with Crippen molar-refractivity contribution in [1.29, 1.82) is 0 Å². The molecule has 8 nitrogen and oxygen atoms in total. The van der Waals surface area contributed by atoms with Crippen LogP contribution >= 0.6 is 11.6 Å². The highest BCUT2D eigenvalue weighted by Crippen LogP contribution is 2.35. The molecule has 196 valence electrons. The van der Waals surface area contributed by atoms with Gasteiger partial charge in [-0.2, -0.15) is 0 Å². The number of hydrogen-bond donors (Lipinski definition) is 1. The van der Waals surface area contributed by atoms with Crippen LogP contribution in [0.1, 0.15) is 29.4 Å². The van der Waals surface area contributed by atoms with E-state index in [1.165, 1.54) is 25.3 Å². The summed E-state index contributed by atoms with van der Waals surface area (Å²) in [6.45, 7) is 3.35. The Morgan fingerprint density at radius 3 is 2.43 bits per heavy atom. The highest BCUT2D eigenvalue weighted by molar-refractivity contribution is 6.30. The van der Waals surface area contributed by atoms with E-state index in [4.69, 9.17) is 25.5 Å². The molecule has 1 N–H and O–H groups in total. The van der Waals surface area contributed by atoms with Gasteiger partial charge < -0.3 is 23.9 Å². The third kappa shape index (κ3) is 6.23. The van der Waals surface area contributed by atoms with E-state index in [-0.39, 0.29) is 17.2 Å². The predicted molar refractivity (Wildman–Crippen MR) is 137 cm³/mol. The molecule has 0 aliphatic carbocycles. The summed E-state index contributed by atoms with van der Waals surface area (Å²) in [5, 5.41) is 10.4. The van der Waals surface area contributed by atoms with Crippen LogP contribution in [0, 0.1) is 5.82 Å². The van der Waals surface area contributed by atoms with Crippen LogP contribution in [0.5, 0.6) is 11.5 Å². The molecule has 0 spiro atoms. The van der Waals surface area contributed by atoms with Gasteiger partial charge in [0.05, 0.1) is 38.1 Å². The van der Waals surface area contributed by atoms with E-state index in [2.05, 4.69) is 9.80 Å². The molecule has 1 aromatic heterocycles. The molecule has 2 heterocycles. The van der Waals surface area contributed by atoms with Gasteiger partial charge in [-0.15, -0.1) is 0 Å². The lowest BCUT2D eigenvalue weighted by Crippen LogP contribution is -2.46. The van der Waals surface area contributed by atoms with Crippen LogP contribution in [0.2, 0.25) is 5.02 Å². The highest BCUT2D eigenvalue weighted by atomic mass is 35.5. The molecule has 0 saturated carbocycles. The molecule has 1 aliphatic rings. The molecular weight excluding hydrogens is 503 g/mol. The van der Waals surface area contributed by atoms with Gasteiger partial charge in [-0.05, 0) is 42.0 Å². The lowest BCUT2D eigenvalue weighted by Gasteiger charge is -2.36. The molecule has 37 heavy (non-hydrogen) atoms. The Hall–Kier alpha value is -3.56. The molecule has 1 atom stereocenters. The van der Waals surface area contributed by atoms with Gasteiger partial charge >= 0.3 is 5.97 Å². The van der Waals surface area contributed by atoms with E-state index >= 15 is 0 Å². The zero-order valence-electron chi connectivity index (χ0n) is 20.6. The SMILES string of the molecule is COC(=O)C[C@@H](c1ccc(F)c(Cl)c1)c1oc(CN2CCN(c3ccc(OC)cc3)CC2)cc(=O)c1O. The van der Waals surface area contributed by atoms with Crippen molar-refractivity contribution in [3.05, 3.63) is 86.7 Å². The molecule has 10 heteroatoms. The van der Waals surface area contributed by atoms with E-state index in [1.54, 1.807) is 7.11 Å². The summed E-state index contributed by atoms with van der Waals surface area (Å²) >= 11 is 5.96. The topological polar surface area (TPSA) is 92.5 Å². The van der Waals surface area contributed by atoms with Gasteiger partial charge in [0.15, 0.2) is 5.76 Å². The number of anilines is 1. The lowest BCUT2D eigenvalue weighted by atomic mass is 9.92. The highest BCUT2D eigenvalue weighted by Gasteiger charge is 2.28. The van der Waals surface area contributed by atoms with Gasteiger partial charge in [0.1, 0.15) is 17.3 Å². The second-order valence-electron chi connectivity index (χ2n) is 8.76. The largest absolute Gasteiger partial charge is 0.502 e. The third-order valence-corrected chi connectivity index (χ3v) is 6.74. The summed E-state index contributed by atoms with van der Waals surface area (Å²) in [7, 11) is 2.86. The van der Waals surface area contributed by atoms with Crippen molar-refractivity contribution in [3.8, 4) is 11.5 Å². The fourth-order valence-electron chi connectivity index (χ4n) is 4.39. The van der Waals surface area contributed by atoms with E-state index in [0.29, 0.717) is 17.9 Å². The summed E-state index contributed by atoms with van der Waals surface area (Å²) in [4.78, 5) is 29.2. The second kappa shape index (κ2) is 11.7. The Labute approximate surface area is 218 Å². The zero-order chi connectivity index (χ0) is 26.5. The summed E-state index contributed by atoms with van der Waals surface area (Å²) in [6, 6.07) is 13.1. The smallest absolute Gasteiger partial charge is 0.306 e. The van der Waals surface area contributed by atoms with Gasteiger partial charge in [-0.25, -0.2) is 4.39 Å². The molecule has 3 aromatic rings. The molecule has 2 aromatic carbocycles. The van der Waals surface area contributed by atoms with Crippen molar-refractivity contribution >= 4 is 23.3 Å². The van der Waals surface area contributed by atoms with Crippen LogP contribution in [0.4, 0.5) is 10.1 Å². The number of rotatable bonds is 8. The Kier molecular flexibility index (Phi) is 8.35. The molecule has 0 radical (unpaired) electrons. The van der Waals surface area contributed by atoms with E-state index in [9.17, 15) is 19.1 Å². The van der Waals surface area contributed by atoms with Crippen LogP contribution in [-0.4, -0.2) is 56.4 Å². The van der Waals surface area contributed by atoms with Crippen molar-refractivity contribution in [2.24, 2.45) is 0 Å². The molecule has 1 fully saturated rings. The number of aromatic hydroxyl groups is 1. The van der Waals surface area contributed by atoms with Crippen LogP contribution in [0.3, 0.4) is 0 Å². The third-order valence-electron chi connectivity index (χ3n) is 6.45. The van der Waals surface area contributed by atoms with Crippen LogP contribution in [0.15, 0.2) is 57.7 Å². The second-order valence-corrected chi connectivity index (χ2v) is 9.16. The maximum absolute atomic E-state index is 13.8. The number of esters is 1. The minimum Gasteiger partial charge on any atom is -0.502 e. The number of carbonyl (C=O) groups excluding carboxylic acids is 1. The van der Waals surface area contributed by atoms with E-state index in [1.807, 2.05) is 24.3 Å². The van der Waals surface area contributed by atoms with Gasteiger partial charge in [0.25, 0.3) is 0 Å². The summed E-state index contributed by atoms with van der Waals surface area (Å²) in [5.74, 6) is -1.67. The number of ether oxygens (including phenoxy) is 2. The van der Waals surface area contributed by atoms with Crippen LogP contribution < -0.4 is 15.1 Å².